The van der Waals surface area contributed by atoms with E-state index in [9.17, 15) is 9.59 Å². The number of hydrogen-bond acceptors (Lipinski definition) is 5. The fraction of sp³-hybridized carbons (Fsp3) is 0.333. The van der Waals surface area contributed by atoms with E-state index in [1.165, 1.54) is 0 Å². The first-order chi connectivity index (χ1) is 8.69. The summed E-state index contributed by atoms with van der Waals surface area (Å²) in [6, 6.07) is 7.63. The van der Waals surface area contributed by atoms with Crippen molar-refractivity contribution >= 4 is 17.5 Å². The van der Waals surface area contributed by atoms with Crippen LogP contribution in [0.4, 0.5) is 5.69 Å². The number of hydrogen-bond donors (Lipinski definition) is 2. The Morgan fingerprint density at radius 3 is 2.39 bits per heavy atom. The number of carbonyl (C=O) groups is 2. The minimum absolute atomic E-state index is 0.210. The van der Waals surface area contributed by atoms with Gasteiger partial charge in [0, 0.05) is 12.2 Å². The van der Waals surface area contributed by atoms with E-state index in [4.69, 9.17) is 4.84 Å². The molecule has 1 aliphatic rings. The van der Waals surface area contributed by atoms with Crippen molar-refractivity contribution in [3.05, 3.63) is 29.8 Å². The number of nitrogens with zero attached hydrogens (tertiary/aromatic N) is 1. The molecule has 0 spiro atoms. The topological polar surface area (TPSA) is 70.7 Å². The lowest BCUT2D eigenvalue weighted by Crippen LogP contribution is -2.51. The SMILES string of the molecule is CONCc1ccc(N2CC(=O)NC(=O)C2)cc1. The second kappa shape index (κ2) is 5.61. The van der Waals surface area contributed by atoms with Gasteiger partial charge in [-0.15, -0.1) is 0 Å². The molecule has 1 aromatic rings. The summed E-state index contributed by atoms with van der Waals surface area (Å²) in [6.45, 7) is 1.03. The Balaban J connectivity index is 2.04. The molecule has 1 aromatic carbocycles. The van der Waals surface area contributed by atoms with Crippen molar-refractivity contribution in [3.63, 3.8) is 0 Å². The van der Waals surface area contributed by atoms with Gasteiger partial charge in [-0.2, -0.15) is 5.48 Å². The maximum atomic E-state index is 11.3. The third-order valence-electron chi connectivity index (χ3n) is 2.67. The molecule has 0 saturated carbocycles. The molecular weight excluding hydrogens is 234 g/mol. The molecule has 6 nitrogen and oxygen atoms in total. The van der Waals surface area contributed by atoms with Gasteiger partial charge in [0.25, 0.3) is 0 Å². The molecule has 0 bridgehead atoms. The lowest BCUT2D eigenvalue weighted by atomic mass is 10.2. The van der Waals surface area contributed by atoms with E-state index in [-0.39, 0.29) is 24.9 Å². The predicted octanol–water partition coefficient (Wildman–Crippen LogP) is -0.200. The number of carbonyl (C=O) groups excluding carboxylic acids is 2. The van der Waals surface area contributed by atoms with Crippen LogP contribution in [-0.2, 0) is 21.0 Å². The van der Waals surface area contributed by atoms with Crippen molar-refractivity contribution in [1.82, 2.24) is 10.8 Å². The van der Waals surface area contributed by atoms with E-state index in [0.29, 0.717) is 6.54 Å². The lowest BCUT2D eigenvalue weighted by Gasteiger charge is -2.27. The van der Waals surface area contributed by atoms with Crippen LogP contribution in [0.25, 0.3) is 0 Å². The number of anilines is 1. The normalized spacial score (nSPS) is 15.7. The van der Waals surface area contributed by atoms with E-state index < -0.39 is 0 Å². The zero-order valence-corrected chi connectivity index (χ0v) is 10.1. The van der Waals surface area contributed by atoms with E-state index in [1.54, 1.807) is 12.0 Å². The molecule has 1 saturated heterocycles. The van der Waals surface area contributed by atoms with E-state index in [1.807, 2.05) is 24.3 Å². The van der Waals surface area contributed by atoms with Gasteiger partial charge in [0.15, 0.2) is 0 Å². The highest BCUT2D eigenvalue weighted by Gasteiger charge is 2.22. The summed E-state index contributed by atoms with van der Waals surface area (Å²) in [5, 5.41) is 2.27. The van der Waals surface area contributed by atoms with Gasteiger partial charge >= 0.3 is 0 Å². The Morgan fingerprint density at radius 2 is 1.83 bits per heavy atom. The van der Waals surface area contributed by atoms with Crippen LogP contribution in [0.3, 0.4) is 0 Å². The van der Waals surface area contributed by atoms with Crippen LogP contribution in [0, 0.1) is 0 Å². The van der Waals surface area contributed by atoms with Crippen LogP contribution in [0.15, 0.2) is 24.3 Å². The summed E-state index contributed by atoms with van der Waals surface area (Å²) in [7, 11) is 1.56. The van der Waals surface area contributed by atoms with E-state index in [0.717, 1.165) is 11.3 Å². The largest absolute Gasteiger partial charge is 0.353 e. The summed E-state index contributed by atoms with van der Waals surface area (Å²) < 4.78 is 0. The Bertz CT molecular complexity index is 428. The Morgan fingerprint density at radius 1 is 1.22 bits per heavy atom. The summed E-state index contributed by atoms with van der Waals surface area (Å²) in [5.74, 6) is -0.534. The first kappa shape index (κ1) is 12.5. The fourth-order valence-corrected chi connectivity index (χ4v) is 1.80. The summed E-state index contributed by atoms with van der Waals surface area (Å²) in [5.41, 5.74) is 4.67. The highest BCUT2D eigenvalue weighted by Crippen LogP contribution is 2.16. The van der Waals surface area contributed by atoms with Crippen molar-refractivity contribution in [1.29, 1.82) is 0 Å². The van der Waals surface area contributed by atoms with Crippen LogP contribution in [0.2, 0.25) is 0 Å². The van der Waals surface area contributed by atoms with Gasteiger partial charge in [-0.1, -0.05) is 12.1 Å². The molecule has 1 fully saturated rings. The van der Waals surface area contributed by atoms with Crippen LogP contribution in [0.1, 0.15) is 5.56 Å². The number of piperazine rings is 1. The fourth-order valence-electron chi connectivity index (χ4n) is 1.80. The highest BCUT2D eigenvalue weighted by atomic mass is 16.6. The number of amides is 2. The summed E-state index contributed by atoms with van der Waals surface area (Å²) in [4.78, 5) is 29.0. The first-order valence-electron chi connectivity index (χ1n) is 5.61. The minimum atomic E-state index is -0.267. The predicted molar refractivity (Wildman–Crippen MR) is 65.7 cm³/mol. The van der Waals surface area contributed by atoms with Crippen LogP contribution >= 0.6 is 0 Å². The molecule has 2 N–H and O–H groups in total. The molecule has 6 heteroatoms. The van der Waals surface area contributed by atoms with Crippen LogP contribution in [0.5, 0.6) is 0 Å². The van der Waals surface area contributed by atoms with Crippen molar-refractivity contribution in [2.45, 2.75) is 6.54 Å². The van der Waals surface area contributed by atoms with Crippen molar-refractivity contribution in [2.24, 2.45) is 0 Å². The van der Waals surface area contributed by atoms with Crippen molar-refractivity contribution in [2.75, 3.05) is 25.1 Å². The van der Waals surface area contributed by atoms with Gasteiger partial charge in [-0.25, -0.2) is 0 Å². The summed E-state index contributed by atoms with van der Waals surface area (Å²) >= 11 is 0. The first-order valence-corrected chi connectivity index (χ1v) is 5.61. The molecule has 0 aliphatic carbocycles. The standard InChI is InChI=1S/C12H15N3O3/c1-18-13-6-9-2-4-10(5-3-9)15-7-11(16)14-12(17)8-15/h2-5,13H,6-8H2,1H3,(H,14,16,17). The number of nitrogens with one attached hydrogen (secondary N) is 2. The van der Waals surface area contributed by atoms with Gasteiger partial charge in [-0.05, 0) is 17.7 Å². The molecule has 0 aromatic heterocycles. The maximum Gasteiger partial charge on any atom is 0.246 e. The number of imide groups is 1. The average molecular weight is 249 g/mol. The van der Waals surface area contributed by atoms with Gasteiger partial charge in [0.05, 0.1) is 20.2 Å². The van der Waals surface area contributed by atoms with Crippen LogP contribution < -0.4 is 15.7 Å². The Hall–Kier alpha value is -1.92. The molecule has 96 valence electrons. The molecule has 2 rings (SSSR count). The quantitative estimate of drug-likeness (QED) is 0.571. The molecule has 2 amide bonds. The second-order valence-corrected chi connectivity index (χ2v) is 4.02. The lowest BCUT2D eigenvalue weighted by molar-refractivity contribution is -0.130. The summed E-state index contributed by atoms with van der Waals surface area (Å²) in [6.07, 6.45) is 0. The van der Waals surface area contributed by atoms with E-state index >= 15 is 0 Å². The molecule has 0 atom stereocenters. The van der Waals surface area contributed by atoms with Crippen molar-refractivity contribution < 1.29 is 14.4 Å². The molecule has 18 heavy (non-hydrogen) atoms. The minimum Gasteiger partial charge on any atom is -0.353 e. The number of rotatable bonds is 4. The smallest absolute Gasteiger partial charge is 0.246 e. The van der Waals surface area contributed by atoms with Gasteiger partial charge in [0.2, 0.25) is 11.8 Å². The maximum absolute atomic E-state index is 11.3. The second-order valence-electron chi connectivity index (χ2n) is 4.02. The Kier molecular flexibility index (Phi) is 3.91. The third kappa shape index (κ3) is 3.06. The zero-order valence-electron chi connectivity index (χ0n) is 10.1. The van der Waals surface area contributed by atoms with Gasteiger partial charge < -0.3 is 9.74 Å². The van der Waals surface area contributed by atoms with E-state index in [2.05, 4.69) is 10.8 Å². The molecule has 0 radical (unpaired) electrons. The third-order valence-corrected chi connectivity index (χ3v) is 2.67. The zero-order chi connectivity index (χ0) is 13.0. The monoisotopic (exact) mass is 249 g/mol. The molecule has 1 heterocycles. The van der Waals surface area contributed by atoms with Crippen LogP contribution in [-0.4, -0.2) is 32.0 Å². The average Bonchev–Trinajstić information content (AvgIpc) is 2.36. The van der Waals surface area contributed by atoms with Gasteiger partial charge in [0.1, 0.15) is 0 Å². The molecule has 1 aliphatic heterocycles. The Labute approximate surface area is 105 Å². The number of benzene rings is 1. The highest BCUT2D eigenvalue weighted by molar-refractivity contribution is 6.02. The molecular formula is C12H15N3O3. The van der Waals surface area contributed by atoms with Crippen molar-refractivity contribution in [3.8, 4) is 0 Å². The number of hydroxylamine groups is 1. The van der Waals surface area contributed by atoms with Gasteiger partial charge in [-0.3, -0.25) is 14.9 Å². The molecule has 0 unspecified atom stereocenters.